The topological polar surface area (TPSA) is 86.6 Å². The maximum absolute atomic E-state index is 12.0. The Bertz CT molecular complexity index is 681. The average Bonchev–Trinajstić information content (AvgIpc) is 3.09. The average molecular weight is 344 g/mol. The van der Waals surface area contributed by atoms with Crippen LogP contribution < -0.4 is 16.0 Å². The van der Waals surface area contributed by atoms with Crippen molar-refractivity contribution in [2.45, 2.75) is 19.4 Å². The molecule has 1 heterocycles. The number of benzene rings is 1. The first-order valence-corrected chi connectivity index (χ1v) is 8.11. The molecule has 0 unspecified atom stereocenters. The molecular weight excluding hydrogens is 320 g/mol. The number of hydrogen-bond acceptors (Lipinski definition) is 4. The molecular formula is C18H24N4O3. The second kappa shape index (κ2) is 8.89. The number of hydrogen-bond donors (Lipinski definition) is 3. The van der Waals surface area contributed by atoms with Gasteiger partial charge in [-0.05, 0) is 70.4 Å². The Morgan fingerprint density at radius 3 is 2.28 bits per heavy atom. The lowest BCUT2D eigenvalue weighted by molar-refractivity contribution is 0.0996. The van der Waals surface area contributed by atoms with Gasteiger partial charge in [0.25, 0.3) is 5.91 Å². The van der Waals surface area contributed by atoms with Crippen LogP contribution in [-0.4, -0.2) is 43.5 Å². The molecule has 0 aliphatic carbocycles. The summed E-state index contributed by atoms with van der Waals surface area (Å²) in [6, 6.07) is 9.95. The van der Waals surface area contributed by atoms with Crippen LogP contribution in [0, 0.1) is 0 Å². The number of nitrogens with one attached hydrogen (secondary N) is 3. The van der Waals surface area contributed by atoms with Gasteiger partial charge in [-0.15, -0.1) is 0 Å². The highest BCUT2D eigenvalue weighted by Gasteiger charge is 2.10. The number of amides is 3. The molecule has 3 amide bonds. The number of furan rings is 1. The Balaban J connectivity index is 1.81. The van der Waals surface area contributed by atoms with Crippen LogP contribution in [0.1, 0.15) is 23.9 Å². The van der Waals surface area contributed by atoms with E-state index in [1.807, 2.05) is 21.0 Å². The molecule has 134 valence electrons. The molecule has 0 spiro atoms. The number of nitrogens with zero attached hydrogens (tertiary/aromatic N) is 1. The van der Waals surface area contributed by atoms with Crippen LogP contribution in [0.2, 0.25) is 0 Å². The van der Waals surface area contributed by atoms with Crippen LogP contribution in [0.25, 0.3) is 0 Å². The molecule has 1 aromatic heterocycles. The fraction of sp³-hybridized carbons (Fsp3) is 0.333. The minimum atomic E-state index is -0.321. The summed E-state index contributed by atoms with van der Waals surface area (Å²) in [5.41, 5.74) is 1.26. The van der Waals surface area contributed by atoms with E-state index in [9.17, 15) is 9.59 Å². The number of carbonyl (C=O) groups is 2. The molecule has 7 heteroatoms. The Morgan fingerprint density at radius 2 is 1.72 bits per heavy atom. The lowest BCUT2D eigenvalue weighted by atomic mass is 10.2. The number of carbonyl (C=O) groups excluding carboxylic acids is 2. The minimum Gasteiger partial charge on any atom is -0.459 e. The van der Waals surface area contributed by atoms with Crippen molar-refractivity contribution in [1.29, 1.82) is 0 Å². The number of urea groups is 1. The first-order chi connectivity index (χ1) is 11.9. The molecule has 25 heavy (non-hydrogen) atoms. The summed E-state index contributed by atoms with van der Waals surface area (Å²) < 4.78 is 5.04. The van der Waals surface area contributed by atoms with E-state index >= 15 is 0 Å². The monoisotopic (exact) mass is 344 g/mol. The zero-order chi connectivity index (χ0) is 18.2. The maximum atomic E-state index is 12.0. The van der Waals surface area contributed by atoms with Crippen molar-refractivity contribution in [2.75, 3.05) is 31.3 Å². The first kappa shape index (κ1) is 18.5. The molecule has 0 aliphatic heterocycles. The molecule has 2 rings (SSSR count). The van der Waals surface area contributed by atoms with Crippen LogP contribution >= 0.6 is 0 Å². The van der Waals surface area contributed by atoms with Crippen molar-refractivity contribution in [3.05, 3.63) is 48.4 Å². The van der Waals surface area contributed by atoms with Gasteiger partial charge in [-0.3, -0.25) is 4.79 Å². The third kappa shape index (κ3) is 6.31. The molecule has 0 aliphatic rings. The Kier molecular flexibility index (Phi) is 6.59. The van der Waals surface area contributed by atoms with E-state index in [0.717, 1.165) is 13.0 Å². The fourth-order valence-electron chi connectivity index (χ4n) is 2.15. The van der Waals surface area contributed by atoms with Crippen LogP contribution in [0.5, 0.6) is 0 Å². The van der Waals surface area contributed by atoms with Crippen molar-refractivity contribution in [3.63, 3.8) is 0 Å². The molecule has 0 fully saturated rings. The maximum Gasteiger partial charge on any atom is 0.319 e. The SMILES string of the molecule is C[C@@H](CCN(C)C)NC(=O)Nc1ccc(NC(=O)c2ccco2)cc1. The molecule has 2 aromatic rings. The van der Waals surface area contributed by atoms with E-state index in [0.29, 0.717) is 11.4 Å². The Morgan fingerprint density at radius 1 is 1.08 bits per heavy atom. The highest BCUT2D eigenvalue weighted by Crippen LogP contribution is 2.15. The van der Waals surface area contributed by atoms with E-state index < -0.39 is 0 Å². The van der Waals surface area contributed by atoms with Gasteiger partial charge < -0.3 is 25.3 Å². The normalized spacial score (nSPS) is 11.8. The van der Waals surface area contributed by atoms with Crippen molar-refractivity contribution in [3.8, 4) is 0 Å². The summed E-state index contributed by atoms with van der Waals surface area (Å²) in [5.74, 6) is -0.0774. The molecule has 1 atom stereocenters. The predicted octanol–water partition coefficient (Wildman–Crippen LogP) is 2.99. The van der Waals surface area contributed by atoms with Crippen LogP contribution in [0.3, 0.4) is 0 Å². The van der Waals surface area contributed by atoms with Crippen molar-refractivity contribution < 1.29 is 14.0 Å². The molecule has 0 saturated heterocycles. The summed E-state index contributed by atoms with van der Waals surface area (Å²) in [7, 11) is 4.00. The second-order valence-electron chi connectivity index (χ2n) is 6.10. The van der Waals surface area contributed by atoms with Gasteiger partial charge in [-0.1, -0.05) is 0 Å². The van der Waals surface area contributed by atoms with Gasteiger partial charge in [0.2, 0.25) is 0 Å². The highest BCUT2D eigenvalue weighted by molar-refractivity contribution is 6.02. The second-order valence-corrected chi connectivity index (χ2v) is 6.10. The lowest BCUT2D eigenvalue weighted by Gasteiger charge is -2.17. The molecule has 0 saturated carbocycles. The molecule has 7 nitrogen and oxygen atoms in total. The van der Waals surface area contributed by atoms with Gasteiger partial charge in [0.1, 0.15) is 0 Å². The first-order valence-electron chi connectivity index (χ1n) is 8.11. The number of rotatable bonds is 7. The highest BCUT2D eigenvalue weighted by atomic mass is 16.3. The van der Waals surface area contributed by atoms with Gasteiger partial charge in [-0.25, -0.2) is 4.79 Å². The third-order valence-corrected chi connectivity index (χ3v) is 3.53. The molecule has 0 radical (unpaired) electrons. The van der Waals surface area contributed by atoms with Crippen molar-refractivity contribution >= 4 is 23.3 Å². The lowest BCUT2D eigenvalue weighted by Crippen LogP contribution is -2.37. The minimum absolute atomic E-state index is 0.0780. The summed E-state index contributed by atoms with van der Waals surface area (Å²) in [6.45, 7) is 2.88. The van der Waals surface area contributed by atoms with E-state index in [4.69, 9.17) is 4.42 Å². The van der Waals surface area contributed by atoms with E-state index in [2.05, 4.69) is 20.9 Å². The third-order valence-electron chi connectivity index (χ3n) is 3.53. The smallest absolute Gasteiger partial charge is 0.319 e. The van der Waals surface area contributed by atoms with Crippen LogP contribution in [0.15, 0.2) is 47.1 Å². The van der Waals surface area contributed by atoms with Gasteiger partial charge >= 0.3 is 6.03 Å². The summed E-state index contributed by atoms with van der Waals surface area (Å²) in [6.07, 6.45) is 2.32. The predicted molar refractivity (Wildman–Crippen MR) is 97.9 cm³/mol. The quantitative estimate of drug-likeness (QED) is 0.721. The standard InChI is InChI=1S/C18H24N4O3/c1-13(10-11-22(2)3)19-18(24)21-15-8-6-14(7-9-15)20-17(23)16-5-4-12-25-16/h4-9,12-13H,10-11H2,1-3H3,(H,20,23)(H2,19,21,24)/t13-/m0/s1. The fourth-order valence-corrected chi connectivity index (χ4v) is 2.15. The van der Waals surface area contributed by atoms with Crippen LogP contribution in [0.4, 0.5) is 16.2 Å². The molecule has 0 bridgehead atoms. The van der Waals surface area contributed by atoms with Gasteiger partial charge in [-0.2, -0.15) is 0 Å². The van der Waals surface area contributed by atoms with Gasteiger partial charge in [0.05, 0.1) is 6.26 Å². The van der Waals surface area contributed by atoms with Crippen molar-refractivity contribution in [2.24, 2.45) is 0 Å². The van der Waals surface area contributed by atoms with Gasteiger partial charge in [0.15, 0.2) is 5.76 Å². The van der Waals surface area contributed by atoms with E-state index in [1.54, 1.807) is 36.4 Å². The zero-order valence-electron chi connectivity index (χ0n) is 14.7. The van der Waals surface area contributed by atoms with E-state index in [-0.39, 0.29) is 23.7 Å². The zero-order valence-corrected chi connectivity index (χ0v) is 14.7. The summed E-state index contributed by atoms with van der Waals surface area (Å²) >= 11 is 0. The summed E-state index contributed by atoms with van der Waals surface area (Å²) in [4.78, 5) is 25.9. The van der Waals surface area contributed by atoms with E-state index in [1.165, 1.54) is 6.26 Å². The molecule has 1 aromatic carbocycles. The van der Waals surface area contributed by atoms with Crippen LogP contribution in [-0.2, 0) is 0 Å². The van der Waals surface area contributed by atoms with Gasteiger partial charge in [0, 0.05) is 17.4 Å². The van der Waals surface area contributed by atoms with Crippen molar-refractivity contribution in [1.82, 2.24) is 10.2 Å². The summed E-state index contributed by atoms with van der Waals surface area (Å²) in [5, 5.41) is 8.38. The molecule has 3 N–H and O–H groups in total. The Labute approximate surface area is 147 Å². The largest absolute Gasteiger partial charge is 0.459 e. The number of anilines is 2. The Hall–Kier alpha value is -2.80.